The predicted octanol–water partition coefficient (Wildman–Crippen LogP) is 3.00. The van der Waals surface area contributed by atoms with Gasteiger partial charge in [-0.05, 0) is 19.3 Å². The number of nitrogens with two attached hydrogens (primary N) is 1. The second kappa shape index (κ2) is 8.00. The molecule has 6 nitrogen and oxygen atoms in total. The summed E-state index contributed by atoms with van der Waals surface area (Å²) in [6, 6.07) is -0.00620. The van der Waals surface area contributed by atoms with Crippen LogP contribution in [0.4, 0.5) is 0 Å². The molecule has 1 fully saturated rings. The molecule has 0 radical (unpaired) electrons. The highest BCUT2D eigenvalue weighted by atomic mass is 16.5. The van der Waals surface area contributed by atoms with Crippen molar-refractivity contribution in [1.82, 2.24) is 15.0 Å². The number of unbranched alkanes of at least 4 members (excludes halogenated alkanes) is 5. The summed E-state index contributed by atoms with van der Waals surface area (Å²) < 4.78 is 5.37. The number of aryl methyl sites for hydroxylation is 1. The van der Waals surface area contributed by atoms with Crippen LogP contribution in [-0.2, 0) is 6.42 Å². The van der Waals surface area contributed by atoms with Crippen LogP contribution in [0.25, 0.3) is 0 Å². The smallest absolute Gasteiger partial charge is 0.249 e. The van der Waals surface area contributed by atoms with Crippen molar-refractivity contribution in [1.29, 1.82) is 5.41 Å². The van der Waals surface area contributed by atoms with Gasteiger partial charge in [-0.25, -0.2) is 0 Å². The van der Waals surface area contributed by atoms with Gasteiger partial charge in [-0.3, -0.25) is 5.41 Å². The standard InChI is InChI=1S/C15H27N5O/c1-2-3-4-5-6-7-10-13-18-14(21-19-13)12-9-8-11-20(12)15(16)17/h12H,2-11H2,1H3,(H3,16,17)/t12-/m0/s1. The molecule has 118 valence electrons. The van der Waals surface area contributed by atoms with Crippen molar-refractivity contribution >= 4 is 5.96 Å². The summed E-state index contributed by atoms with van der Waals surface area (Å²) in [4.78, 5) is 6.32. The fourth-order valence-corrected chi connectivity index (χ4v) is 2.88. The van der Waals surface area contributed by atoms with E-state index < -0.39 is 0 Å². The van der Waals surface area contributed by atoms with Gasteiger partial charge in [0.15, 0.2) is 11.8 Å². The topological polar surface area (TPSA) is 92.0 Å². The van der Waals surface area contributed by atoms with Gasteiger partial charge in [-0.2, -0.15) is 4.98 Å². The Morgan fingerprint density at radius 3 is 2.86 bits per heavy atom. The summed E-state index contributed by atoms with van der Waals surface area (Å²) in [5.41, 5.74) is 5.59. The third kappa shape index (κ3) is 4.44. The molecule has 1 aliphatic rings. The van der Waals surface area contributed by atoms with Gasteiger partial charge < -0.3 is 15.2 Å². The van der Waals surface area contributed by atoms with Gasteiger partial charge in [0.05, 0.1) is 0 Å². The molecular weight excluding hydrogens is 266 g/mol. The van der Waals surface area contributed by atoms with Crippen LogP contribution in [0, 0.1) is 5.41 Å². The molecule has 1 atom stereocenters. The lowest BCUT2D eigenvalue weighted by molar-refractivity contribution is 0.282. The molecule has 0 bridgehead atoms. The average Bonchev–Trinajstić information content (AvgIpc) is 3.10. The van der Waals surface area contributed by atoms with Crippen LogP contribution >= 0.6 is 0 Å². The first kappa shape index (κ1) is 15.8. The first-order valence-corrected chi connectivity index (χ1v) is 8.15. The Labute approximate surface area is 126 Å². The van der Waals surface area contributed by atoms with Crippen molar-refractivity contribution in [2.24, 2.45) is 5.73 Å². The minimum Gasteiger partial charge on any atom is -0.370 e. The predicted molar refractivity (Wildman–Crippen MR) is 82.0 cm³/mol. The van der Waals surface area contributed by atoms with Crippen LogP contribution in [0.15, 0.2) is 4.52 Å². The molecule has 1 saturated heterocycles. The zero-order valence-corrected chi connectivity index (χ0v) is 13.0. The molecule has 0 saturated carbocycles. The number of hydrogen-bond donors (Lipinski definition) is 2. The van der Waals surface area contributed by atoms with Crippen molar-refractivity contribution in [2.75, 3.05) is 6.54 Å². The van der Waals surface area contributed by atoms with Crippen molar-refractivity contribution in [3.05, 3.63) is 11.7 Å². The molecule has 21 heavy (non-hydrogen) atoms. The second-order valence-electron chi connectivity index (χ2n) is 5.80. The van der Waals surface area contributed by atoms with E-state index >= 15 is 0 Å². The van der Waals surface area contributed by atoms with Crippen LogP contribution in [0.3, 0.4) is 0 Å². The first-order chi connectivity index (χ1) is 10.2. The molecule has 0 spiro atoms. The summed E-state index contributed by atoms with van der Waals surface area (Å²) >= 11 is 0. The average molecular weight is 293 g/mol. The van der Waals surface area contributed by atoms with Gasteiger partial charge in [-0.1, -0.05) is 44.2 Å². The fourth-order valence-electron chi connectivity index (χ4n) is 2.88. The lowest BCUT2D eigenvalue weighted by Gasteiger charge is -2.21. The molecular formula is C15H27N5O. The highest BCUT2D eigenvalue weighted by molar-refractivity contribution is 5.75. The number of likely N-dealkylation sites (tertiary alicyclic amines) is 1. The summed E-state index contributed by atoms with van der Waals surface area (Å²) in [6.45, 7) is 3.03. The van der Waals surface area contributed by atoms with Gasteiger partial charge >= 0.3 is 0 Å². The van der Waals surface area contributed by atoms with Crippen molar-refractivity contribution in [2.45, 2.75) is 70.8 Å². The third-order valence-electron chi connectivity index (χ3n) is 4.09. The largest absolute Gasteiger partial charge is 0.370 e. The van der Waals surface area contributed by atoms with E-state index in [0.29, 0.717) is 5.89 Å². The highest BCUT2D eigenvalue weighted by Crippen LogP contribution is 2.30. The molecule has 3 N–H and O–H groups in total. The summed E-state index contributed by atoms with van der Waals surface area (Å²) in [6.07, 6.45) is 10.4. The van der Waals surface area contributed by atoms with Gasteiger partial charge in [0.25, 0.3) is 0 Å². The maximum Gasteiger partial charge on any atom is 0.249 e. The number of hydrogen-bond acceptors (Lipinski definition) is 4. The summed E-state index contributed by atoms with van der Waals surface area (Å²) in [7, 11) is 0. The summed E-state index contributed by atoms with van der Waals surface area (Å²) in [5, 5.41) is 11.6. The maximum atomic E-state index is 7.58. The van der Waals surface area contributed by atoms with Crippen molar-refractivity contribution in [3.63, 3.8) is 0 Å². The van der Waals surface area contributed by atoms with Crippen LogP contribution in [0.1, 0.15) is 76.0 Å². The Hall–Kier alpha value is -1.59. The van der Waals surface area contributed by atoms with Crippen LogP contribution in [-0.4, -0.2) is 27.5 Å². The summed E-state index contributed by atoms with van der Waals surface area (Å²) in [5.74, 6) is 1.49. The molecule has 0 aliphatic carbocycles. The van der Waals surface area contributed by atoms with Gasteiger partial charge in [0, 0.05) is 13.0 Å². The van der Waals surface area contributed by atoms with E-state index in [4.69, 9.17) is 15.7 Å². The Morgan fingerprint density at radius 2 is 2.10 bits per heavy atom. The quantitative estimate of drug-likeness (QED) is 0.436. The van der Waals surface area contributed by atoms with E-state index in [1.807, 2.05) is 4.90 Å². The Morgan fingerprint density at radius 1 is 1.33 bits per heavy atom. The molecule has 0 amide bonds. The minimum atomic E-state index is -0.00620. The third-order valence-corrected chi connectivity index (χ3v) is 4.09. The van der Waals surface area contributed by atoms with Crippen LogP contribution in [0.2, 0.25) is 0 Å². The van der Waals surface area contributed by atoms with Gasteiger partial charge in [-0.15, -0.1) is 0 Å². The van der Waals surface area contributed by atoms with E-state index in [1.54, 1.807) is 0 Å². The number of rotatable bonds is 8. The van der Waals surface area contributed by atoms with Crippen molar-refractivity contribution < 1.29 is 4.52 Å². The van der Waals surface area contributed by atoms with Crippen LogP contribution in [0.5, 0.6) is 0 Å². The maximum absolute atomic E-state index is 7.58. The number of nitrogens with one attached hydrogen (secondary N) is 1. The fraction of sp³-hybridized carbons (Fsp3) is 0.800. The minimum absolute atomic E-state index is 0.00620. The molecule has 0 unspecified atom stereocenters. The van der Waals surface area contributed by atoms with E-state index in [2.05, 4.69) is 17.1 Å². The van der Waals surface area contributed by atoms with E-state index in [9.17, 15) is 0 Å². The van der Waals surface area contributed by atoms with Gasteiger partial charge in [0.2, 0.25) is 5.89 Å². The second-order valence-corrected chi connectivity index (χ2v) is 5.80. The van der Waals surface area contributed by atoms with E-state index in [-0.39, 0.29) is 12.0 Å². The zero-order valence-electron chi connectivity index (χ0n) is 13.0. The SMILES string of the molecule is CCCCCCCCc1noc([C@@H]2CCCN2C(=N)N)n1. The highest BCUT2D eigenvalue weighted by Gasteiger charge is 2.31. The van der Waals surface area contributed by atoms with Crippen LogP contribution < -0.4 is 5.73 Å². The molecule has 6 heteroatoms. The Bertz CT molecular complexity index is 445. The first-order valence-electron chi connectivity index (χ1n) is 8.15. The number of nitrogens with zero attached hydrogens (tertiary/aromatic N) is 3. The molecule has 2 heterocycles. The molecule has 1 aromatic rings. The monoisotopic (exact) mass is 293 g/mol. The number of aromatic nitrogens is 2. The van der Waals surface area contributed by atoms with Crippen molar-refractivity contribution in [3.8, 4) is 0 Å². The molecule has 2 rings (SSSR count). The molecule has 0 aromatic carbocycles. The van der Waals surface area contributed by atoms with E-state index in [1.165, 1.54) is 32.1 Å². The Balaban J connectivity index is 1.77. The number of guanidine groups is 1. The lowest BCUT2D eigenvalue weighted by Crippen LogP contribution is -2.35. The lowest BCUT2D eigenvalue weighted by atomic mass is 10.1. The van der Waals surface area contributed by atoms with E-state index in [0.717, 1.165) is 38.1 Å². The zero-order chi connectivity index (χ0) is 15.1. The molecule has 1 aromatic heterocycles. The Kier molecular flexibility index (Phi) is 6.02. The van der Waals surface area contributed by atoms with Gasteiger partial charge in [0.1, 0.15) is 6.04 Å². The molecule has 1 aliphatic heterocycles. The normalized spacial score (nSPS) is 18.3.